The van der Waals surface area contributed by atoms with E-state index in [0.29, 0.717) is 0 Å². The Morgan fingerprint density at radius 2 is 0.750 bits per heavy atom. The number of furan rings is 2. The van der Waals surface area contributed by atoms with Crippen molar-refractivity contribution in [1.29, 1.82) is 0 Å². The number of rotatable bonds is 12. The smallest absolute Gasteiger partial charge is 0.137 e. The van der Waals surface area contributed by atoms with Crippen LogP contribution in [0.3, 0.4) is 0 Å². The van der Waals surface area contributed by atoms with Crippen LogP contribution in [0.15, 0.2) is 240 Å². The van der Waals surface area contributed by atoms with E-state index in [1.165, 1.54) is 41.5 Å². The fourth-order valence-electron chi connectivity index (χ4n) is 10.1. The molecule has 1 fully saturated rings. The number of anilines is 4. The summed E-state index contributed by atoms with van der Waals surface area (Å²) in [4.78, 5) is 4.62. The quantitative estimate of drug-likeness (QED) is 0.122. The molecule has 1 aliphatic rings. The first-order chi connectivity index (χ1) is 33.5. The summed E-state index contributed by atoms with van der Waals surface area (Å²) < 4.78 is 13.1. The average molecular weight is 883 g/mol. The molecule has 4 heteroatoms. The third kappa shape index (κ3) is 8.58. The molecule has 1 aliphatic carbocycles. The van der Waals surface area contributed by atoms with E-state index in [-0.39, 0.29) is 5.41 Å². The van der Waals surface area contributed by atoms with Gasteiger partial charge in [0.05, 0.1) is 0 Å². The number of aryl methyl sites for hydroxylation is 2. The van der Waals surface area contributed by atoms with Crippen molar-refractivity contribution in [2.75, 3.05) is 9.80 Å². The molecule has 11 rings (SSSR count). The predicted octanol–water partition coefficient (Wildman–Crippen LogP) is 17.5. The fourth-order valence-corrected chi connectivity index (χ4v) is 10.1. The summed E-state index contributed by atoms with van der Waals surface area (Å²) in [5, 5.41) is 2.17. The molecular formula is C64H54N2O2. The summed E-state index contributed by atoms with van der Waals surface area (Å²) in [6, 6.07) is 78.3. The fraction of sp³-hybridized carbons (Fsp3) is 0.125. The first-order valence-corrected chi connectivity index (χ1v) is 23.9. The second-order valence-electron chi connectivity index (χ2n) is 18.3. The van der Waals surface area contributed by atoms with Crippen LogP contribution in [-0.2, 0) is 5.41 Å². The molecule has 0 unspecified atom stereocenters. The van der Waals surface area contributed by atoms with Crippen LogP contribution in [0.5, 0.6) is 0 Å². The van der Waals surface area contributed by atoms with Gasteiger partial charge in [0, 0.05) is 62.5 Å². The second-order valence-corrected chi connectivity index (χ2v) is 18.3. The van der Waals surface area contributed by atoms with Gasteiger partial charge in [-0.15, -0.1) is 0 Å². The van der Waals surface area contributed by atoms with Crippen molar-refractivity contribution in [2.24, 2.45) is 0 Å². The molecule has 0 atom stereocenters. The minimum atomic E-state index is -0.114. The summed E-state index contributed by atoms with van der Waals surface area (Å²) in [6.07, 6.45) is 10.3. The van der Waals surface area contributed by atoms with Gasteiger partial charge in [-0.3, -0.25) is 0 Å². The van der Waals surface area contributed by atoms with Gasteiger partial charge in [0.15, 0.2) is 0 Å². The molecular weight excluding hydrogens is 829 g/mol. The largest absolute Gasteiger partial charge is 0.456 e. The van der Waals surface area contributed by atoms with Crippen molar-refractivity contribution in [2.45, 2.75) is 51.4 Å². The Balaban J connectivity index is 0.983. The van der Waals surface area contributed by atoms with Crippen LogP contribution in [0.2, 0.25) is 0 Å². The molecule has 0 bridgehead atoms. The number of benzene rings is 8. The lowest BCUT2D eigenvalue weighted by atomic mass is 9.65. The van der Waals surface area contributed by atoms with E-state index in [4.69, 9.17) is 8.83 Å². The van der Waals surface area contributed by atoms with Gasteiger partial charge in [-0.2, -0.15) is 0 Å². The Hall–Kier alpha value is -8.08. The molecule has 2 heterocycles. The molecule has 2 aromatic heterocycles. The normalized spacial score (nSPS) is 14.0. The predicted molar refractivity (Wildman–Crippen MR) is 283 cm³/mol. The van der Waals surface area contributed by atoms with Crippen molar-refractivity contribution in [1.82, 2.24) is 0 Å². The van der Waals surface area contributed by atoms with Crippen molar-refractivity contribution in [3.05, 3.63) is 276 Å². The van der Waals surface area contributed by atoms with Gasteiger partial charge in [0.1, 0.15) is 22.7 Å². The van der Waals surface area contributed by atoms with E-state index in [0.717, 1.165) is 91.3 Å². The molecule has 0 radical (unpaired) electrons. The maximum atomic E-state index is 6.56. The molecule has 332 valence electrons. The highest BCUT2D eigenvalue weighted by molar-refractivity contribution is 5.89. The number of fused-ring (bicyclic) bond motifs is 2. The first kappa shape index (κ1) is 42.5. The third-order valence-electron chi connectivity index (χ3n) is 13.8. The monoisotopic (exact) mass is 882 g/mol. The number of hydrogen-bond donors (Lipinski definition) is 0. The van der Waals surface area contributed by atoms with E-state index in [1.807, 2.05) is 24.3 Å². The molecule has 10 aromatic rings. The van der Waals surface area contributed by atoms with Crippen LogP contribution in [0.4, 0.5) is 22.7 Å². The molecule has 0 saturated heterocycles. The van der Waals surface area contributed by atoms with E-state index >= 15 is 0 Å². The average Bonchev–Trinajstić information content (AvgIpc) is 4.04. The second kappa shape index (κ2) is 18.7. The van der Waals surface area contributed by atoms with Gasteiger partial charge in [0.2, 0.25) is 0 Å². The number of hydrogen-bond acceptors (Lipinski definition) is 4. The van der Waals surface area contributed by atoms with Crippen LogP contribution >= 0.6 is 0 Å². The molecule has 4 nitrogen and oxygen atoms in total. The van der Waals surface area contributed by atoms with Crippen LogP contribution in [-0.4, -0.2) is 0 Å². The van der Waals surface area contributed by atoms with Gasteiger partial charge in [0.25, 0.3) is 0 Å². The van der Waals surface area contributed by atoms with Crippen LogP contribution in [0.25, 0.3) is 33.1 Å². The molecule has 1 saturated carbocycles. The molecule has 0 amide bonds. The highest BCUT2D eigenvalue weighted by Gasteiger charge is 2.36. The zero-order valence-corrected chi connectivity index (χ0v) is 38.7. The lowest BCUT2D eigenvalue weighted by molar-refractivity contribution is 0.346. The minimum Gasteiger partial charge on any atom is -0.456 e. The first-order valence-electron chi connectivity index (χ1n) is 23.9. The highest BCUT2D eigenvalue weighted by atomic mass is 16.3. The highest BCUT2D eigenvalue weighted by Crippen LogP contribution is 2.47. The molecule has 8 aromatic carbocycles. The van der Waals surface area contributed by atoms with Crippen LogP contribution in [0.1, 0.15) is 77.0 Å². The summed E-state index contributed by atoms with van der Waals surface area (Å²) in [6.45, 7) is 4.28. The summed E-state index contributed by atoms with van der Waals surface area (Å²) in [5.74, 6) is 1.66. The summed E-state index contributed by atoms with van der Waals surface area (Å²) in [5.41, 5.74) is 15.3. The lowest BCUT2D eigenvalue weighted by Gasteiger charge is -2.39. The van der Waals surface area contributed by atoms with Crippen molar-refractivity contribution < 1.29 is 8.83 Å². The van der Waals surface area contributed by atoms with E-state index in [9.17, 15) is 0 Å². The van der Waals surface area contributed by atoms with Gasteiger partial charge < -0.3 is 18.6 Å². The minimum absolute atomic E-state index is 0.114. The van der Waals surface area contributed by atoms with Gasteiger partial charge >= 0.3 is 0 Å². The van der Waals surface area contributed by atoms with Gasteiger partial charge in [-0.1, -0.05) is 176 Å². The molecule has 0 spiro atoms. The standard InChI is InChI=1S/C64H54N2O2/c1-46-24-32-54(33-25-46)65(44-58(48-16-6-3-7-17-48)62-42-50-20-10-12-22-60(50)67-62)56-36-28-52(29-37-56)64(40-14-5-15-41-64)53-30-38-57(39-31-53)66(55-34-26-47(2)27-35-55)45-59(49-18-8-4-9-19-49)63-43-51-21-11-13-23-61(51)68-63/h3-4,6-13,16-39,42-45H,5,14-15,40-41H2,1-2H3/b58-44-,59-45-. The third-order valence-corrected chi connectivity index (χ3v) is 13.8. The zero-order valence-electron chi connectivity index (χ0n) is 38.7. The maximum absolute atomic E-state index is 6.56. The Kier molecular flexibility index (Phi) is 11.7. The van der Waals surface area contributed by atoms with E-state index in [2.05, 4.69) is 230 Å². The number of nitrogens with zero attached hydrogens (tertiary/aromatic N) is 2. The summed E-state index contributed by atoms with van der Waals surface area (Å²) >= 11 is 0. The van der Waals surface area contributed by atoms with Gasteiger partial charge in [-0.05, 0) is 122 Å². The topological polar surface area (TPSA) is 32.8 Å². The van der Waals surface area contributed by atoms with Gasteiger partial charge in [-0.25, -0.2) is 0 Å². The Labute approximate surface area is 399 Å². The Morgan fingerprint density at radius 1 is 0.397 bits per heavy atom. The molecule has 0 aliphatic heterocycles. The van der Waals surface area contributed by atoms with Crippen molar-refractivity contribution >= 4 is 55.8 Å². The van der Waals surface area contributed by atoms with E-state index in [1.54, 1.807) is 0 Å². The lowest BCUT2D eigenvalue weighted by Crippen LogP contribution is -2.30. The van der Waals surface area contributed by atoms with Crippen LogP contribution < -0.4 is 9.80 Å². The van der Waals surface area contributed by atoms with E-state index < -0.39 is 0 Å². The SMILES string of the molecule is Cc1ccc(N(/C=C(/c2ccccc2)c2cc3ccccc3o2)c2ccc(C3(c4ccc(N(/C=C(/c5ccccc5)c5cc6ccccc6o5)c5ccc(C)cc5)cc4)CCCCC3)cc2)cc1. The summed E-state index contributed by atoms with van der Waals surface area (Å²) in [7, 11) is 0. The molecule has 0 N–H and O–H groups in total. The molecule has 68 heavy (non-hydrogen) atoms. The Bertz CT molecular complexity index is 3070. The Morgan fingerprint density at radius 3 is 1.13 bits per heavy atom. The maximum Gasteiger partial charge on any atom is 0.137 e. The van der Waals surface area contributed by atoms with Crippen LogP contribution in [0, 0.1) is 13.8 Å². The van der Waals surface area contributed by atoms with Crippen molar-refractivity contribution in [3.8, 4) is 0 Å². The zero-order chi connectivity index (χ0) is 45.9. The number of para-hydroxylation sites is 2. The van der Waals surface area contributed by atoms with Crippen molar-refractivity contribution in [3.63, 3.8) is 0 Å².